The molecule has 2 aliphatic heterocycles. The molecule has 34 heavy (non-hydrogen) atoms. The van der Waals surface area contributed by atoms with Gasteiger partial charge in [-0.2, -0.15) is 0 Å². The van der Waals surface area contributed by atoms with Gasteiger partial charge in [-0.1, -0.05) is 30.3 Å². The summed E-state index contributed by atoms with van der Waals surface area (Å²) in [5, 5.41) is 0. The Morgan fingerprint density at radius 1 is 1.09 bits per heavy atom. The van der Waals surface area contributed by atoms with Gasteiger partial charge < -0.3 is 15.5 Å². The standard InChI is InChI=1S/C23H30N6O4S/c1-15-19(20(21(24)30)26-23(25-15)27-34(2,32)33)22(31)29-13-17-11-28(12-18(17)14-29)10-6-9-16-7-4-3-5-8-16/h3-5,7-8,17-18H,6,9-14H2,1-2H3,(H2,24,30)(H,25,26,27)/t17-,18?/m0/s1. The summed E-state index contributed by atoms with van der Waals surface area (Å²) in [6.07, 6.45) is 3.09. The van der Waals surface area contributed by atoms with Crippen molar-refractivity contribution in [1.82, 2.24) is 19.8 Å². The number of nitrogens with zero attached hydrogens (tertiary/aromatic N) is 4. The number of aryl methyl sites for hydroxylation is 2. The van der Waals surface area contributed by atoms with Crippen molar-refractivity contribution in [3.63, 3.8) is 0 Å². The van der Waals surface area contributed by atoms with Gasteiger partial charge in [0.05, 0.1) is 17.5 Å². The number of fused-ring (bicyclic) bond motifs is 1. The molecule has 3 N–H and O–H groups in total. The van der Waals surface area contributed by atoms with Crippen LogP contribution in [0.5, 0.6) is 0 Å². The van der Waals surface area contributed by atoms with Gasteiger partial charge >= 0.3 is 0 Å². The number of anilines is 1. The van der Waals surface area contributed by atoms with Crippen LogP contribution in [0.2, 0.25) is 0 Å². The number of sulfonamides is 1. The fourth-order valence-electron chi connectivity index (χ4n) is 4.97. The summed E-state index contributed by atoms with van der Waals surface area (Å²) in [6.45, 7) is 5.65. The Morgan fingerprint density at radius 3 is 2.32 bits per heavy atom. The van der Waals surface area contributed by atoms with Crippen molar-refractivity contribution in [2.45, 2.75) is 19.8 Å². The van der Waals surface area contributed by atoms with Crippen LogP contribution in [-0.2, 0) is 16.4 Å². The van der Waals surface area contributed by atoms with Crippen molar-refractivity contribution in [2.24, 2.45) is 17.6 Å². The van der Waals surface area contributed by atoms with Gasteiger partial charge in [-0.3, -0.25) is 14.3 Å². The summed E-state index contributed by atoms with van der Waals surface area (Å²) in [4.78, 5) is 37.5. The number of hydrogen-bond acceptors (Lipinski definition) is 7. The van der Waals surface area contributed by atoms with Crippen molar-refractivity contribution >= 4 is 27.8 Å². The molecule has 2 aliphatic rings. The van der Waals surface area contributed by atoms with Crippen LogP contribution >= 0.6 is 0 Å². The van der Waals surface area contributed by atoms with E-state index < -0.39 is 15.9 Å². The van der Waals surface area contributed by atoms with Crippen molar-refractivity contribution in [2.75, 3.05) is 43.7 Å². The third-order valence-electron chi connectivity index (χ3n) is 6.45. The van der Waals surface area contributed by atoms with Crippen LogP contribution in [0.3, 0.4) is 0 Å². The Balaban J connectivity index is 1.39. The van der Waals surface area contributed by atoms with E-state index in [-0.39, 0.29) is 28.8 Å². The molecule has 2 amide bonds. The smallest absolute Gasteiger partial charge is 0.268 e. The van der Waals surface area contributed by atoms with Gasteiger partial charge in [0.25, 0.3) is 11.8 Å². The lowest BCUT2D eigenvalue weighted by molar-refractivity contribution is 0.0766. The number of aromatic nitrogens is 2. The average molecular weight is 487 g/mol. The molecule has 2 aromatic rings. The molecule has 11 heteroatoms. The zero-order valence-electron chi connectivity index (χ0n) is 19.4. The monoisotopic (exact) mass is 486 g/mol. The molecular formula is C23H30N6O4S. The Morgan fingerprint density at radius 2 is 1.74 bits per heavy atom. The lowest BCUT2D eigenvalue weighted by Gasteiger charge is -2.23. The minimum atomic E-state index is -3.65. The SMILES string of the molecule is Cc1nc(NS(C)(=O)=O)nc(C(N)=O)c1C(=O)N1CC2CN(CCCc3ccccc3)C[C@H]2C1. The average Bonchev–Trinajstić information content (AvgIpc) is 3.31. The largest absolute Gasteiger partial charge is 0.364 e. The van der Waals surface area contributed by atoms with Gasteiger partial charge in [0, 0.05) is 26.2 Å². The number of nitrogens with two attached hydrogens (primary N) is 1. The Kier molecular flexibility index (Phi) is 6.85. The lowest BCUT2D eigenvalue weighted by Crippen LogP contribution is -2.36. The zero-order chi connectivity index (χ0) is 24.5. The second-order valence-corrected chi connectivity index (χ2v) is 10.9. The third-order valence-corrected chi connectivity index (χ3v) is 7.00. The zero-order valence-corrected chi connectivity index (χ0v) is 20.2. The lowest BCUT2D eigenvalue weighted by atomic mass is 10.0. The first-order chi connectivity index (χ1) is 16.1. The Labute approximate surface area is 199 Å². The molecule has 1 aromatic heterocycles. The maximum absolute atomic E-state index is 13.3. The first-order valence-electron chi connectivity index (χ1n) is 11.3. The van der Waals surface area contributed by atoms with E-state index in [4.69, 9.17) is 5.73 Å². The molecule has 0 bridgehead atoms. The fourth-order valence-corrected chi connectivity index (χ4v) is 5.39. The number of amides is 2. The molecule has 2 atom stereocenters. The number of hydrogen-bond donors (Lipinski definition) is 2. The van der Waals surface area contributed by atoms with E-state index in [0.717, 1.165) is 38.7 Å². The van der Waals surface area contributed by atoms with Crippen molar-refractivity contribution < 1.29 is 18.0 Å². The second-order valence-electron chi connectivity index (χ2n) is 9.17. The molecule has 10 nitrogen and oxygen atoms in total. The number of nitrogens with one attached hydrogen (secondary N) is 1. The van der Waals surface area contributed by atoms with Gasteiger partial charge in [-0.05, 0) is 43.7 Å². The van der Waals surface area contributed by atoms with Gasteiger partial charge in [-0.15, -0.1) is 0 Å². The highest BCUT2D eigenvalue weighted by molar-refractivity contribution is 7.91. The van der Waals surface area contributed by atoms with Crippen LogP contribution in [0.4, 0.5) is 5.95 Å². The molecule has 0 spiro atoms. The van der Waals surface area contributed by atoms with Gasteiger partial charge in [0.2, 0.25) is 16.0 Å². The van der Waals surface area contributed by atoms with E-state index in [1.165, 1.54) is 5.56 Å². The number of carbonyl (C=O) groups excluding carboxylic acids is 2. The Bertz CT molecular complexity index is 1170. The molecule has 3 heterocycles. The topological polar surface area (TPSA) is 139 Å². The molecule has 0 radical (unpaired) electrons. The molecule has 0 saturated carbocycles. The van der Waals surface area contributed by atoms with Gasteiger partial charge in [0.1, 0.15) is 5.69 Å². The van der Waals surface area contributed by atoms with Crippen LogP contribution in [0.1, 0.15) is 38.5 Å². The van der Waals surface area contributed by atoms with E-state index in [9.17, 15) is 18.0 Å². The summed E-state index contributed by atoms with van der Waals surface area (Å²) in [6, 6.07) is 10.5. The number of benzene rings is 1. The summed E-state index contributed by atoms with van der Waals surface area (Å²) in [7, 11) is -3.65. The van der Waals surface area contributed by atoms with E-state index >= 15 is 0 Å². The van der Waals surface area contributed by atoms with Crippen LogP contribution < -0.4 is 10.5 Å². The minimum Gasteiger partial charge on any atom is -0.364 e. The number of carbonyl (C=O) groups is 2. The quantitative estimate of drug-likeness (QED) is 0.565. The highest BCUT2D eigenvalue weighted by atomic mass is 32.2. The number of primary amides is 1. The molecular weight excluding hydrogens is 456 g/mol. The van der Waals surface area contributed by atoms with Crippen molar-refractivity contribution in [3.05, 3.63) is 52.8 Å². The van der Waals surface area contributed by atoms with Crippen LogP contribution in [-0.4, -0.2) is 79.0 Å². The number of likely N-dealkylation sites (tertiary alicyclic amines) is 2. The highest BCUT2D eigenvalue weighted by Gasteiger charge is 2.42. The number of rotatable bonds is 8. The van der Waals surface area contributed by atoms with Crippen molar-refractivity contribution in [3.8, 4) is 0 Å². The van der Waals surface area contributed by atoms with Gasteiger partial charge in [0.15, 0.2) is 0 Å². The second kappa shape index (κ2) is 9.67. The molecule has 182 valence electrons. The summed E-state index contributed by atoms with van der Waals surface area (Å²) < 4.78 is 25.2. The molecule has 0 aliphatic carbocycles. The first-order valence-corrected chi connectivity index (χ1v) is 13.2. The molecule has 2 fully saturated rings. The molecule has 4 rings (SSSR count). The summed E-state index contributed by atoms with van der Waals surface area (Å²) in [5.41, 5.74) is 6.78. The van der Waals surface area contributed by atoms with E-state index in [0.29, 0.717) is 24.9 Å². The predicted octanol–water partition coefficient (Wildman–Crippen LogP) is 0.892. The first kappa shape index (κ1) is 24.1. The van der Waals surface area contributed by atoms with Gasteiger partial charge in [-0.25, -0.2) is 18.4 Å². The predicted molar refractivity (Wildman–Crippen MR) is 128 cm³/mol. The van der Waals surface area contributed by atoms with E-state index in [1.54, 1.807) is 11.8 Å². The third kappa shape index (κ3) is 5.53. The fraction of sp³-hybridized carbons (Fsp3) is 0.478. The minimum absolute atomic E-state index is 0.0336. The maximum atomic E-state index is 13.3. The summed E-state index contributed by atoms with van der Waals surface area (Å²) in [5.74, 6) is -0.776. The molecule has 1 aromatic carbocycles. The van der Waals surface area contributed by atoms with Crippen LogP contribution in [0.15, 0.2) is 30.3 Å². The molecule has 2 saturated heterocycles. The summed E-state index contributed by atoms with van der Waals surface area (Å²) >= 11 is 0. The molecule has 1 unspecified atom stereocenters. The maximum Gasteiger partial charge on any atom is 0.268 e. The van der Waals surface area contributed by atoms with Crippen LogP contribution in [0.25, 0.3) is 0 Å². The van der Waals surface area contributed by atoms with Crippen molar-refractivity contribution in [1.29, 1.82) is 0 Å². The van der Waals surface area contributed by atoms with Crippen LogP contribution in [0, 0.1) is 18.8 Å². The Hall–Kier alpha value is -3.05. The normalized spacial score (nSPS) is 20.4. The van der Waals surface area contributed by atoms with E-state index in [2.05, 4.69) is 43.9 Å². The highest BCUT2D eigenvalue weighted by Crippen LogP contribution is 2.32. The van der Waals surface area contributed by atoms with E-state index in [1.807, 2.05) is 6.07 Å².